The molecule has 0 aromatic carbocycles. The molecule has 7 heteroatoms. The third kappa shape index (κ3) is 3.06. The molecule has 0 unspecified atom stereocenters. The van der Waals surface area contributed by atoms with Crippen LogP contribution in [0.25, 0.3) is 0 Å². The van der Waals surface area contributed by atoms with Crippen LogP contribution in [0.5, 0.6) is 0 Å². The molecule has 1 atom stereocenters. The first kappa shape index (κ1) is 16.6. The summed E-state index contributed by atoms with van der Waals surface area (Å²) in [6, 6.07) is 2.46. The highest BCUT2D eigenvalue weighted by Crippen LogP contribution is 2.38. The van der Waals surface area contributed by atoms with Crippen LogP contribution in [0.2, 0.25) is 5.15 Å². The zero-order valence-electron chi connectivity index (χ0n) is 13.7. The number of hydrogen-bond acceptors (Lipinski definition) is 5. The van der Waals surface area contributed by atoms with E-state index in [9.17, 15) is 4.79 Å². The molecule has 0 aliphatic carbocycles. The van der Waals surface area contributed by atoms with E-state index in [2.05, 4.69) is 36.7 Å². The van der Waals surface area contributed by atoms with E-state index in [1.165, 1.54) is 11.3 Å². The molecule has 0 spiro atoms. The molecule has 2 aliphatic rings. The number of nitrogens with zero attached hydrogens (tertiary/aromatic N) is 4. The third-order valence-electron chi connectivity index (χ3n) is 4.32. The van der Waals surface area contributed by atoms with Gasteiger partial charge in [-0.3, -0.25) is 14.6 Å². The van der Waals surface area contributed by atoms with Crippen molar-refractivity contribution in [2.75, 3.05) is 37.6 Å². The minimum atomic E-state index is -0.186. The van der Waals surface area contributed by atoms with Crippen LogP contribution in [0.3, 0.4) is 0 Å². The molecule has 2 aliphatic heterocycles. The predicted molar refractivity (Wildman–Crippen MR) is 93.9 cm³/mol. The van der Waals surface area contributed by atoms with Gasteiger partial charge < -0.3 is 4.90 Å². The fourth-order valence-corrected chi connectivity index (χ4v) is 4.59. The number of carbonyl (C=O) groups excluding carboxylic acids is 1. The van der Waals surface area contributed by atoms with Gasteiger partial charge in [0, 0.05) is 32.2 Å². The van der Waals surface area contributed by atoms with E-state index in [4.69, 9.17) is 18.0 Å². The first-order valence-electron chi connectivity index (χ1n) is 7.74. The summed E-state index contributed by atoms with van der Waals surface area (Å²) >= 11 is 7.81. The van der Waals surface area contributed by atoms with Crippen molar-refractivity contribution < 1.29 is 4.79 Å². The van der Waals surface area contributed by atoms with E-state index in [1.54, 1.807) is 4.90 Å². The highest BCUT2D eigenvalue weighted by Gasteiger charge is 2.40. The SMILES string of the molecule is C#CN1CCN2CCN(c3nc(Cl)c(C(C)(C)C)s3)C(=O)[C@@H]2C1. The lowest BCUT2D eigenvalue weighted by atomic mass is 9.95. The number of amides is 1. The summed E-state index contributed by atoms with van der Waals surface area (Å²) in [6.07, 6.45) is 5.49. The Morgan fingerprint density at radius 3 is 2.61 bits per heavy atom. The molecule has 124 valence electrons. The number of halogens is 1. The van der Waals surface area contributed by atoms with Gasteiger partial charge in [-0.1, -0.05) is 50.1 Å². The summed E-state index contributed by atoms with van der Waals surface area (Å²) in [5.41, 5.74) is -0.0804. The van der Waals surface area contributed by atoms with E-state index in [-0.39, 0.29) is 17.4 Å². The monoisotopic (exact) mass is 352 g/mol. The average molecular weight is 353 g/mol. The molecule has 23 heavy (non-hydrogen) atoms. The van der Waals surface area contributed by atoms with Crippen molar-refractivity contribution in [2.24, 2.45) is 0 Å². The molecule has 0 N–H and O–H groups in total. The van der Waals surface area contributed by atoms with E-state index >= 15 is 0 Å². The number of anilines is 1. The fourth-order valence-electron chi connectivity index (χ4n) is 3.02. The molecule has 0 bridgehead atoms. The lowest BCUT2D eigenvalue weighted by Gasteiger charge is -2.44. The van der Waals surface area contributed by atoms with Crippen LogP contribution in [0.15, 0.2) is 0 Å². The highest BCUT2D eigenvalue weighted by atomic mass is 35.5. The molecule has 2 fully saturated rings. The lowest BCUT2D eigenvalue weighted by molar-refractivity contribution is -0.127. The maximum Gasteiger partial charge on any atom is 0.248 e. The molecule has 2 saturated heterocycles. The minimum Gasteiger partial charge on any atom is -0.329 e. The van der Waals surface area contributed by atoms with Gasteiger partial charge in [0.05, 0.1) is 11.4 Å². The lowest BCUT2D eigenvalue weighted by Crippen LogP contribution is -2.64. The second-order valence-corrected chi connectivity index (χ2v) is 8.32. The van der Waals surface area contributed by atoms with Crippen LogP contribution in [0.1, 0.15) is 25.6 Å². The van der Waals surface area contributed by atoms with Crippen molar-refractivity contribution in [3.05, 3.63) is 10.0 Å². The Morgan fingerprint density at radius 1 is 1.30 bits per heavy atom. The van der Waals surface area contributed by atoms with Crippen LogP contribution in [0.4, 0.5) is 5.13 Å². The second kappa shape index (κ2) is 5.97. The Kier molecular flexibility index (Phi) is 4.30. The Balaban J connectivity index is 1.85. The molecular weight excluding hydrogens is 332 g/mol. The van der Waals surface area contributed by atoms with Gasteiger partial charge in [0.2, 0.25) is 5.91 Å². The zero-order chi connectivity index (χ0) is 16.8. The summed E-state index contributed by atoms with van der Waals surface area (Å²) in [4.78, 5) is 24.2. The van der Waals surface area contributed by atoms with Crippen molar-refractivity contribution >= 4 is 34.0 Å². The van der Waals surface area contributed by atoms with Crippen molar-refractivity contribution in [1.29, 1.82) is 0 Å². The van der Waals surface area contributed by atoms with Crippen molar-refractivity contribution in [2.45, 2.75) is 32.2 Å². The van der Waals surface area contributed by atoms with Gasteiger partial charge in [0.25, 0.3) is 0 Å². The predicted octanol–water partition coefficient (Wildman–Crippen LogP) is 2.02. The van der Waals surface area contributed by atoms with E-state index in [1.807, 2.05) is 4.90 Å². The van der Waals surface area contributed by atoms with Gasteiger partial charge in [-0.25, -0.2) is 4.98 Å². The number of terminal acetylenes is 1. The molecule has 1 amide bonds. The molecule has 3 rings (SSSR count). The number of piperazine rings is 2. The summed E-state index contributed by atoms with van der Waals surface area (Å²) in [5, 5.41) is 1.20. The number of carbonyl (C=O) groups is 1. The number of aromatic nitrogens is 1. The second-order valence-electron chi connectivity index (χ2n) is 6.98. The van der Waals surface area contributed by atoms with Crippen LogP contribution in [0, 0.1) is 12.5 Å². The van der Waals surface area contributed by atoms with Gasteiger partial charge >= 0.3 is 0 Å². The topological polar surface area (TPSA) is 39.7 Å². The van der Waals surface area contributed by atoms with E-state index in [0.29, 0.717) is 23.4 Å². The van der Waals surface area contributed by atoms with Crippen LogP contribution in [-0.2, 0) is 10.2 Å². The first-order valence-corrected chi connectivity index (χ1v) is 8.94. The average Bonchev–Trinajstić information content (AvgIpc) is 2.89. The van der Waals surface area contributed by atoms with E-state index in [0.717, 1.165) is 24.5 Å². The number of fused-ring (bicyclic) bond motifs is 1. The summed E-state index contributed by atoms with van der Waals surface area (Å²) in [6.45, 7) is 10.0. The number of thiazole rings is 1. The standard InChI is InChI=1S/C16H21ClN4OS/c1-5-19-6-7-20-8-9-21(14(22)11(20)10-19)15-18-13(17)12(23-15)16(2,3)4/h1,11H,6-10H2,2-4H3/t11-/m0/s1. The molecule has 0 saturated carbocycles. The van der Waals surface area contributed by atoms with Gasteiger partial charge in [-0.15, -0.1) is 0 Å². The Bertz CT molecular complexity index is 660. The smallest absolute Gasteiger partial charge is 0.248 e. The molecular formula is C16H21ClN4OS. The summed E-state index contributed by atoms with van der Waals surface area (Å²) < 4.78 is 0. The maximum absolute atomic E-state index is 12.9. The van der Waals surface area contributed by atoms with Gasteiger partial charge in [0.1, 0.15) is 11.2 Å². The van der Waals surface area contributed by atoms with Crippen LogP contribution < -0.4 is 4.90 Å². The highest BCUT2D eigenvalue weighted by molar-refractivity contribution is 7.16. The van der Waals surface area contributed by atoms with E-state index < -0.39 is 0 Å². The number of hydrogen-bond donors (Lipinski definition) is 0. The summed E-state index contributed by atoms with van der Waals surface area (Å²) in [5.74, 6) is 0.0714. The fraction of sp³-hybridized carbons (Fsp3) is 0.625. The first-order chi connectivity index (χ1) is 10.8. The van der Waals surface area contributed by atoms with Gasteiger partial charge in [-0.2, -0.15) is 0 Å². The quantitative estimate of drug-likeness (QED) is 0.725. The Labute approximate surface area is 146 Å². The van der Waals surface area contributed by atoms with Crippen molar-refractivity contribution in [1.82, 2.24) is 14.8 Å². The molecule has 1 aromatic heterocycles. The molecule has 3 heterocycles. The van der Waals surface area contributed by atoms with Crippen molar-refractivity contribution in [3.8, 4) is 12.5 Å². The summed E-state index contributed by atoms with van der Waals surface area (Å²) in [7, 11) is 0. The Morgan fingerprint density at radius 2 is 2.00 bits per heavy atom. The number of rotatable bonds is 1. The minimum absolute atomic E-state index is 0.0714. The van der Waals surface area contributed by atoms with Gasteiger partial charge in [-0.05, 0) is 5.41 Å². The normalized spacial score (nSPS) is 22.9. The molecule has 1 aromatic rings. The largest absolute Gasteiger partial charge is 0.329 e. The van der Waals surface area contributed by atoms with Crippen LogP contribution >= 0.6 is 22.9 Å². The van der Waals surface area contributed by atoms with Crippen LogP contribution in [-0.4, -0.2) is 59.5 Å². The zero-order valence-corrected chi connectivity index (χ0v) is 15.2. The third-order valence-corrected chi connectivity index (χ3v) is 6.21. The molecule has 5 nitrogen and oxygen atoms in total. The molecule has 0 radical (unpaired) electrons. The Hall–Kier alpha value is -1.29. The maximum atomic E-state index is 12.9. The van der Waals surface area contributed by atoms with Crippen molar-refractivity contribution in [3.63, 3.8) is 0 Å². The van der Waals surface area contributed by atoms with Gasteiger partial charge in [0.15, 0.2) is 5.13 Å².